The van der Waals surface area contributed by atoms with Gasteiger partial charge in [-0.1, -0.05) is 67.9 Å². The van der Waals surface area contributed by atoms with Crippen LogP contribution in [0.25, 0.3) is 10.1 Å². The molecule has 0 saturated carbocycles. The zero-order chi connectivity index (χ0) is 18.0. The molecule has 2 aromatic carbocycles. The molecule has 1 atom stereocenters. The summed E-state index contributed by atoms with van der Waals surface area (Å²) in [6, 6.07) is 16.2. The predicted octanol–water partition coefficient (Wildman–Crippen LogP) is 6.24. The molecule has 1 N–H and O–H groups in total. The average molecular weight is 372 g/mol. The van der Waals surface area contributed by atoms with Crippen molar-refractivity contribution in [3.63, 3.8) is 0 Å². The summed E-state index contributed by atoms with van der Waals surface area (Å²) in [5.74, 6) is 0.517. The third kappa shape index (κ3) is 4.05. The minimum absolute atomic E-state index is 0.0677. The van der Waals surface area contributed by atoms with Gasteiger partial charge in [0, 0.05) is 10.1 Å². The molecular weight excluding hydrogens is 350 g/mol. The van der Waals surface area contributed by atoms with Gasteiger partial charge in [-0.15, -0.1) is 11.3 Å². The van der Waals surface area contributed by atoms with Crippen molar-refractivity contribution in [1.82, 2.24) is 5.32 Å². The van der Waals surface area contributed by atoms with Crippen LogP contribution in [0.15, 0.2) is 48.5 Å². The van der Waals surface area contributed by atoms with Crippen LogP contribution in [-0.2, 0) is 6.42 Å². The van der Waals surface area contributed by atoms with Crippen LogP contribution in [-0.4, -0.2) is 5.91 Å². The number of hydrogen-bond donors (Lipinski definition) is 1. The molecule has 0 aliphatic heterocycles. The van der Waals surface area contributed by atoms with Crippen LogP contribution >= 0.6 is 22.9 Å². The molecule has 0 bridgehead atoms. The van der Waals surface area contributed by atoms with E-state index in [1.807, 2.05) is 31.2 Å². The highest BCUT2D eigenvalue weighted by Crippen LogP contribution is 2.35. The van der Waals surface area contributed by atoms with Gasteiger partial charge in [-0.3, -0.25) is 4.79 Å². The Morgan fingerprint density at radius 3 is 2.40 bits per heavy atom. The number of carbonyl (C=O) groups is 1. The lowest BCUT2D eigenvalue weighted by Crippen LogP contribution is -2.26. The lowest BCUT2D eigenvalue weighted by Gasteiger charge is -2.15. The van der Waals surface area contributed by atoms with Gasteiger partial charge < -0.3 is 5.32 Å². The standard InChI is InChI=1S/C21H22ClNOS/c1-13(2)12-15-8-10-16(11-9-15)14(3)23-21(24)20-19(22)17-6-4-5-7-18(17)25-20/h4-11,13-14H,12H2,1-3H3,(H,23,24). The van der Waals surface area contributed by atoms with Gasteiger partial charge >= 0.3 is 0 Å². The molecule has 0 aliphatic carbocycles. The van der Waals surface area contributed by atoms with Gasteiger partial charge in [0.25, 0.3) is 5.91 Å². The fourth-order valence-electron chi connectivity index (χ4n) is 2.92. The highest BCUT2D eigenvalue weighted by Gasteiger charge is 2.19. The highest BCUT2D eigenvalue weighted by molar-refractivity contribution is 7.21. The van der Waals surface area contributed by atoms with Crippen LogP contribution in [0, 0.1) is 5.92 Å². The van der Waals surface area contributed by atoms with Gasteiger partial charge in [0.1, 0.15) is 4.88 Å². The van der Waals surface area contributed by atoms with E-state index in [0.717, 1.165) is 22.1 Å². The van der Waals surface area contributed by atoms with E-state index in [2.05, 4.69) is 43.4 Å². The second kappa shape index (κ2) is 7.59. The van der Waals surface area contributed by atoms with Crippen molar-refractivity contribution in [1.29, 1.82) is 0 Å². The molecule has 0 saturated heterocycles. The first-order valence-corrected chi connectivity index (χ1v) is 9.72. The fourth-order valence-corrected chi connectivity index (χ4v) is 4.34. The second-order valence-corrected chi connectivity index (χ2v) is 8.21. The number of rotatable bonds is 5. The first kappa shape index (κ1) is 18.0. The van der Waals surface area contributed by atoms with Gasteiger partial charge in [0.05, 0.1) is 11.1 Å². The lowest BCUT2D eigenvalue weighted by atomic mass is 10.00. The number of halogens is 1. The van der Waals surface area contributed by atoms with E-state index in [0.29, 0.717) is 15.8 Å². The quantitative estimate of drug-likeness (QED) is 0.564. The van der Waals surface area contributed by atoms with Gasteiger partial charge in [0.2, 0.25) is 0 Å². The minimum atomic E-state index is -0.120. The maximum absolute atomic E-state index is 12.6. The summed E-state index contributed by atoms with van der Waals surface area (Å²) in [5, 5.41) is 4.54. The fraction of sp³-hybridized carbons (Fsp3) is 0.286. The Morgan fingerprint density at radius 1 is 1.08 bits per heavy atom. The SMILES string of the molecule is CC(C)Cc1ccc(C(C)NC(=O)c2sc3ccccc3c2Cl)cc1. The van der Waals surface area contributed by atoms with Gasteiger partial charge in [-0.2, -0.15) is 0 Å². The molecule has 25 heavy (non-hydrogen) atoms. The number of thiophene rings is 1. The van der Waals surface area contributed by atoms with E-state index in [-0.39, 0.29) is 11.9 Å². The van der Waals surface area contributed by atoms with Crippen LogP contribution < -0.4 is 5.32 Å². The van der Waals surface area contributed by atoms with Crippen LogP contribution in [0.5, 0.6) is 0 Å². The monoisotopic (exact) mass is 371 g/mol. The number of benzene rings is 2. The molecule has 4 heteroatoms. The number of hydrogen-bond acceptors (Lipinski definition) is 2. The van der Waals surface area contributed by atoms with E-state index in [4.69, 9.17) is 11.6 Å². The van der Waals surface area contributed by atoms with E-state index in [1.54, 1.807) is 0 Å². The average Bonchev–Trinajstić information content (AvgIpc) is 2.92. The van der Waals surface area contributed by atoms with E-state index < -0.39 is 0 Å². The maximum Gasteiger partial charge on any atom is 0.263 e. The van der Waals surface area contributed by atoms with Crippen molar-refractivity contribution >= 4 is 38.9 Å². The summed E-state index contributed by atoms with van der Waals surface area (Å²) >= 11 is 7.83. The van der Waals surface area contributed by atoms with Crippen molar-refractivity contribution in [3.05, 3.63) is 69.6 Å². The Balaban J connectivity index is 1.74. The molecule has 3 rings (SSSR count). The summed E-state index contributed by atoms with van der Waals surface area (Å²) in [4.78, 5) is 13.2. The maximum atomic E-state index is 12.6. The van der Waals surface area contributed by atoms with Crippen molar-refractivity contribution in [2.45, 2.75) is 33.2 Å². The predicted molar refractivity (Wildman–Crippen MR) is 108 cm³/mol. The van der Waals surface area contributed by atoms with Crippen LogP contribution in [0.2, 0.25) is 5.02 Å². The van der Waals surface area contributed by atoms with E-state index >= 15 is 0 Å². The first-order chi connectivity index (χ1) is 12.0. The Hall–Kier alpha value is -1.84. The molecule has 1 unspecified atom stereocenters. The van der Waals surface area contributed by atoms with Crippen LogP contribution in [0.4, 0.5) is 0 Å². The molecule has 1 aromatic heterocycles. The summed E-state index contributed by atoms with van der Waals surface area (Å²) in [6.07, 6.45) is 1.07. The molecular formula is C21H22ClNOS. The molecule has 1 amide bonds. The van der Waals surface area contributed by atoms with Gasteiger partial charge in [-0.05, 0) is 36.5 Å². The smallest absolute Gasteiger partial charge is 0.263 e. The Labute approximate surface area is 157 Å². The van der Waals surface area contributed by atoms with Crippen molar-refractivity contribution < 1.29 is 4.79 Å². The van der Waals surface area contributed by atoms with Gasteiger partial charge in [0.15, 0.2) is 0 Å². The number of amides is 1. The largest absolute Gasteiger partial charge is 0.345 e. The van der Waals surface area contributed by atoms with E-state index in [9.17, 15) is 4.79 Å². The summed E-state index contributed by atoms with van der Waals surface area (Å²) in [7, 11) is 0. The third-order valence-electron chi connectivity index (χ3n) is 4.21. The normalized spacial score (nSPS) is 12.5. The van der Waals surface area contributed by atoms with E-state index in [1.165, 1.54) is 16.9 Å². The highest BCUT2D eigenvalue weighted by atomic mass is 35.5. The van der Waals surface area contributed by atoms with Crippen molar-refractivity contribution in [2.75, 3.05) is 0 Å². The van der Waals surface area contributed by atoms with Gasteiger partial charge in [-0.25, -0.2) is 0 Å². The zero-order valence-electron chi connectivity index (χ0n) is 14.7. The number of carbonyl (C=O) groups excluding carboxylic acids is 1. The topological polar surface area (TPSA) is 29.1 Å². The Kier molecular flexibility index (Phi) is 5.45. The van der Waals surface area contributed by atoms with Crippen LogP contribution in [0.1, 0.15) is 47.6 Å². The van der Waals surface area contributed by atoms with Crippen molar-refractivity contribution in [3.8, 4) is 0 Å². The van der Waals surface area contributed by atoms with Crippen molar-refractivity contribution in [2.24, 2.45) is 5.92 Å². The molecule has 3 aromatic rings. The number of fused-ring (bicyclic) bond motifs is 1. The third-order valence-corrected chi connectivity index (χ3v) is 5.89. The van der Waals surface area contributed by atoms with Crippen LogP contribution in [0.3, 0.4) is 0 Å². The molecule has 130 valence electrons. The molecule has 0 spiro atoms. The molecule has 0 fully saturated rings. The minimum Gasteiger partial charge on any atom is -0.345 e. The summed E-state index contributed by atoms with van der Waals surface area (Å²) in [5.41, 5.74) is 2.42. The second-order valence-electron chi connectivity index (χ2n) is 6.78. The Bertz CT molecular complexity index is 883. The zero-order valence-corrected chi connectivity index (χ0v) is 16.2. The molecule has 0 radical (unpaired) electrons. The molecule has 0 aliphatic rings. The summed E-state index contributed by atoms with van der Waals surface area (Å²) in [6.45, 7) is 6.42. The molecule has 1 heterocycles. The lowest BCUT2D eigenvalue weighted by molar-refractivity contribution is 0.0944. The Morgan fingerprint density at radius 2 is 1.76 bits per heavy atom. The molecule has 2 nitrogen and oxygen atoms in total. The number of nitrogens with one attached hydrogen (secondary N) is 1. The summed E-state index contributed by atoms with van der Waals surface area (Å²) < 4.78 is 1.03. The first-order valence-electron chi connectivity index (χ1n) is 8.52.